The van der Waals surface area contributed by atoms with Gasteiger partial charge in [0, 0.05) is 33.1 Å². The van der Waals surface area contributed by atoms with Crippen molar-refractivity contribution in [3.8, 4) is 129 Å². The van der Waals surface area contributed by atoms with Gasteiger partial charge in [-0.1, -0.05) is 376 Å². The Morgan fingerprint density at radius 2 is 0.496 bits per heavy atom. The predicted molar refractivity (Wildman–Crippen MR) is 551 cm³/mol. The highest BCUT2D eigenvalue weighted by Crippen LogP contribution is 2.43. The fourth-order valence-corrected chi connectivity index (χ4v) is 18.8. The number of fused-ring (bicyclic) bond motifs is 13. The lowest BCUT2D eigenvalue weighted by atomic mass is 9.92. The smallest absolute Gasteiger partial charge is 0.166 e. The number of nitrogens with zero attached hydrogens (tertiary/aromatic N) is 10. The Labute approximate surface area is 774 Å². The van der Waals surface area contributed by atoms with Gasteiger partial charge in [0.15, 0.2) is 16.9 Å². The van der Waals surface area contributed by atoms with E-state index in [4.69, 9.17) is 41.7 Å². The number of rotatable bonds is 13. The van der Waals surface area contributed by atoms with Crippen LogP contribution in [0.2, 0.25) is 0 Å². The Morgan fingerprint density at radius 1 is 0.180 bits per heavy atom. The van der Waals surface area contributed by atoms with E-state index in [0.29, 0.717) is 27.7 Å². The number of hydrogen-bond acceptors (Lipinski definition) is 7. The first kappa shape index (κ1) is 73.1. The fraction of sp³-hybridized carbons (Fsp3) is 0. The van der Waals surface area contributed by atoms with E-state index in [1.165, 1.54) is 60.8 Å². The van der Waals surface area contributed by atoms with Crippen LogP contribution in [0.3, 0.4) is 0 Å². The zero-order valence-electron chi connectivity index (χ0n) is 76.8. The Bertz CT molecular complexity index is 9280. The lowest BCUT2D eigenvalue weighted by Gasteiger charge is -2.12. The Kier molecular flexibility index (Phi) is 18.7. The molecular formula is C123H80N10. The number of para-hydroxylation sites is 4. The van der Waals surface area contributed by atoms with E-state index in [1.807, 2.05) is 78.9 Å². The van der Waals surface area contributed by atoms with Crippen molar-refractivity contribution in [1.29, 1.82) is 0 Å². The van der Waals surface area contributed by atoms with Gasteiger partial charge in [-0.3, -0.25) is 13.7 Å². The normalized spacial score (nSPS) is 12.0. The predicted octanol–water partition coefficient (Wildman–Crippen LogP) is 31.4. The molecule has 7 aromatic heterocycles. The van der Waals surface area contributed by atoms with Gasteiger partial charge < -0.3 is 0 Å². The molecule has 0 aliphatic carbocycles. The maximum atomic E-state index is 8.65. The number of aromatic nitrogens is 10. The van der Waals surface area contributed by atoms with E-state index in [1.54, 1.807) is 4.57 Å². The van der Waals surface area contributed by atoms with Crippen molar-refractivity contribution in [2.45, 2.75) is 0 Å². The second-order valence-electron chi connectivity index (χ2n) is 33.1. The standard InChI is InChI=1S/C43H28N4.C42H27N3.C38H25N3/c1-3-13-29(14-4-1)34-19-7-8-20-35(34)33-18-11-17-31(27-33)32-25-26-38-39(28-32)45-42-36-21-9-10-23-40(36)47(43(42)46-38)41-24-12-22-37(44-41)30-15-5-2-6-16-30;1-2-12-29(13-3-1)35-17-6-7-18-36(35)33-16-10-15-30(25-33)32-22-24-38-39(27-32)43-41-37-19-8-9-20-40(37)45(42(41)44-38)34-23-21-28-11-4-5-14-31(28)26-34;1-3-12-26(13-4-1)31-18-7-8-19-32(31)29-15-11-14-27(24-29)28-22-23-34-35(25-28)39-37-33-20-9-10-21-36(33)41(38(37)40-34)30-16-5-2-6-17-30/h1-28H;1-27H;1-25H/i;;2D,5D,6D,16D,17D. The average Bonchev–Trinajstić information content (AvgIpc) is 1.59. The molecule has 0 fully saturated rings. The Morgan fingerprint density at radius 3 is 0.917 bits per heavy atom. The summed E-state index contributed by atoms with van der Waals surface area (Å²) >= 11 is 0. The number of hydrogen-bond donors (Lipinski definition) is 0. The molecule has 0 aliphatic heterocycles. The highest BCUT2D eigenvalue weighted by atomic mass is 15.1. The minimum absolute atomic E-state index is 0.0510. The molecule has 19 aromatic carbocycles. The Balaban J connectivity index is 0.000000113. The monoisotopic (exact) mass is 1700 g/mol. The summed E-state index contributed by atoms with van der Waals surface area (Å²) in [5, 5.41) is 5.35. The molecule has 622 valence electrons. The van der Waals surface area contributed by atoms with Crippen molar-refractivity contribution in [2.75, 3.05) is 0 Å². The molecule has 10 nitrogen and oxygen atoms in total. The van der Waals surface area contributed by atoms with Crippen LogP contribution in [0, 0.1) is 0 Å². The van der Waals surface area contributed by atoms with E-state index in [-0.39, 0.29) is 17.8 Å². The van der Waals surface area contributed by atoms with Crippen molar-refractivity contribution in [3.05, 3.63) is 485 Å². The van der Waals surface area contributed by atoms with Crippen LogP contribution in [0.4, 0.5) is 0 Å². The molecule has 0 spiro atoms. The summed E-state index contributed by atoms with van der Waals surface area (Å²) in [7, 11) is 0. The molecular weight excluding hydrogens is 1620 g/mol. The quantitative estimate of drug-likeness (QED) is 0.113. The van der Waals surface area contributed by atoms with Gasteiger partial charge in [-0.05, 0) is 220 Å². The van der Waals surface area contributed by atoms with Crippen LogP contribution < -0.4 is 0 Å². The fourth-order valence-electron chi connectivity index (χ4n) is 18.8. The van der Waals surface area contributed by atoms with Crippen LogP contribution in [-0.4, -0.2) is 48.6 Å². The second kappa shape index (κ2) is 34.0. The lowest BCUT2D eigenvalue weighted by molar-refractivity contribution is 1.06. The summed E-state index contributed by atoms with van der Waals surface area (Å²) in [6, 6.07) is 156. The summed E-state index contributed by atoms with van der Waals surface area (Å²) in [6.07, 6.45) is 0. The van der Waals surface area contributed by atoms with Gasteiger partial charge >= 0.3 is 0 Å². The summed E-state index contributed by atoms with van der Waals surface area (Å²) in [6.45, 7) is 0. The minimum Gasteiger partial charge on any atom is -0.293 e. The van der Waals surface area contributed by atoms with Crippen LogP contribution in [0.5, 0.6) is 0 Å². The molecule has 0 radical (unpaired) electrons. The van der Waals surface area contributed by atoms with Crippen LogP contribution in [0.1, 0.15) is 6.85 Å². The first-order chi connectivity index (χ1) is 68.0. The second-order valence-corrected chi connectivity index (χ2v) is 33.1. The highest BCUT2D eigenvalue weighted by molar-refractivity contribution is 6.11. The SMILES string of the molecule is [2H]c1c([2H])c([2H])c(-n2c3ccccc3c3nc4cc(-c5cccc(-c6ccccc6-c6ccccc6)c5)ccc4nc32)c([2H])c1[2H].c1ccc(-c2cccc(-n3c4ccccc4c4nc5cc(-c6cccc(-c7ccccc7-c7ccccc7)c6)ccc5nc43)n2)cc1.c1ccc(-c2ccccc2-c2cccc(-c3ccc4nc5c(nc4c3)c3ccccc3n5-c3ccc4ccccc4c3)c2)cc1. The van der Waals surface area contributed by atoms with Crippen molar-refractivity contribution in [2.24, 2.45) is 0 Å². The van der Waals surface area contributed by atoms with Crippen molar-refractivity contribution >= 4 is 110 Å². The zero-order chi connectivity index (χ0) is 92.4. The minimum atomic E-state index is -0.434. The van der Waals surface area contributed by atoms with Gasteiger partial charge in [-0.2, -0.15) is 0 Å². The van der Waals surface area contributed by atoms with Crippen LogP contribution >= 0.6 is 0 Å². The van der Waals surface area contributed by atoms with Gasteiger partial charge in [-0.15, -0.1) is 0 Å². The van der Waals surface area contributed by atoms with E-state index < -0.39 is 18.1 Å². The molecule has 0 aliphatic rings. The molecule has 0 saturated carbocycles. The molecule has 26 rings (SSSR count). The van der Waals surface area contributed by atoms with Gasteiger partial charge in [0.2, 0.25) is 0 Å². The maximum Gasteiger partial charge on any atom is 0.166 e. The molecule has 26 aromatic rings. The van der Waals surface area contributed by atoms with Crippen LogP contribution in [0.25, 0.3) is 239 Å². The number of benzene rings is 19. The van der Waals surface area contributed by atoms with Crippen molar-refractivity contribution in [3.63, 3.8) is 0 Å². The molecule has 0 bridgehead atoms. The Hall–Kier alpha value is -18.0. The number of pyridine rings is 1. The van der Waals surface area contributed by atoms with Gasteiger partial charge in [0.05, 0.1) is 62.2 Å². The van der Waals surface area contributed by atoms with E-state index >= 15 is 0 Å². The summed E-state index contributed by atoms with van der Waals surface area (Å²) in [5.74, 6) is 0.815. The third-order valence-corrected chi connectivity index (χ3v) is 25.1. The van der Waals surface area contributed by atoms with E-state index in [9.17, 15) is 0 Å². The van der Waals surface area contributed by atoms with Gasteiger partial charge in [0.1, 0.15) is 22.4 Å². The molecule has 133 heavy (non-hydrogen) atoms. The molecule has 10 heteroatoms. The molecule has 0 saturated heterocycles. The third-order valence-electron chi connectivity index (χ3n) is 25.1. The summed E-state index contributed by atoms with van der Waals surface area (Å²) < 4.78 is 47.9. The average molecular weight is 1700 g/mol. The van der Waals surface area contributed by atoms with Crippen molar-refractivity contribution in [1.82, 2.24) is 48.6 Å². The molecule has 0 atom stereocenters. The largest absolute Gasteiger partial charge is 0.293 e. The maximum absolute atomic E-state index is 8.65. The van der Waals surface area contributed by atoms with Crippen LogP contribution in [-0.2, 0) is 0 Å². The van der Waals surface area contributed by atoms with Crippen LogP contribution in [0.15, 0.2) is 485 Å². The van der Waals surface area contributed by atoms with E-state index in [0.717, 1.165) is 144 Å². The summed E-state index contributed by atoms with van der Waals surface area (Å²) in [5.41, 5.74) is 36.0. The molecule has 0 amide bonds. The van der Waals surface area contributed by atoms with Crippen molar-refractivity contribution < 1.29 is 6.85 Å². The first-order valence-corrected chi connectivity index (χ1v) is 44.5. The molecule has 7 heterocycles. The van der Waals surface area contributed by atoms with E-state index in [2.05, 4.69) is 385 Å². The van der Waals surface area contributed by atoms with Gasteiger partial charge in [-0.25, -0.2) is 34.9 Å². The molecule has 0 unspecified atom stereocenters. The molecule has 0 N–H and O–H groups in total. The third kappa shape index (κ3) is 14.8. The highest BCUT2D eigenvalue weighted by Gasteiger charge is 2.23. The first-order valence-electron chi connectivity index (χ1n) is 47.0. The summed E-state index contributed by atoms with van der Waals surface area (Å²) in [4.78, 5) is 36.0. The lowest BCUT2D eigenvalue weighted by Crippen LogP contribution is -2.00. The topological polar surface area (TPSA) is 105 Å². The zero-order valence-corrected chi connectivity index (χ0v) is 71.8. The van der Waals surface area contributed by atoms with Gasteiger partial charge in [0.25, 0.3) is 0 Å².